The first-order valence-electron chi connectivity index (χ1n) is 6.20. The monoisotopic (exact) mass is 490 g/mol. The van der Waals surface area contributed by atoms with Gasteiger partial charge in [-0.25, -0.2) is 4.79 Å². The van der Waals surface area contributed by atoms with Gasteiger partial charge in [0.25, 0.3) is 0 Å². The Bertz CT molecular complexity index is 547. The number of phenolic OH excluding ortho intramolecular Hbond substituents is 1. The van der Waals surface area contributed by atoms with Crippen LogP contribution in [0.1, 0.15) is 26.3 Å². The molecule has 0 fully saturated rings. The average molecular weight is 492 g/mol. The molecule has 0 saturated heterocycles. The Balaban J connectivity index is 0. The van der Waals surface area contributed by atoms with Crippen molar-refractivity contribution in [2.45, 2.75) is 26.8 Å². The molecule has 0 heterocycles. The molecule has 0 aromatic heterocycles. The minimum absolute atomic E-state index is 0.0324. The zero-order valence-corrected chi connectivity index (χ0v) is 17.7. The first-order chi connectivity index (χ1) is 10.6. The van der Waals surface area contributed by atoms with Crippen LogP contribution < -0.4 is 0 Å². The van der Waals surface area contributed by atoms with Gasteiger partial charge in [-0.2, -0.15) is 0 Å². The van der Waals surface area contributed by atoms with Crippen molar-refractivity contribution in [3.63, 3.8) is 0 Å². The van der Waals surface area contributed by atoms with Crippen molar-refractivity contribution in [1.29, 1.82) is 0 Å². The number of halogens is 2. The van der Waals surface area contributed by atoms with Crippen molar-refractivity contribution in [3.8, 4) is 5.75 Å². The van der Waals surface area contributed by atoms with Crippen molar-refractivity contribution in [2.75, 3.05) is 7.11 Å². The fourth-order valence-corrected chi connectivity index (χ4v) is 2.76. The first-order valence-corrected chi connectivity index (χ1v) is 8.35. The molecule has 129 valence electrons. The second kappa shape index (κ2) is 11.9. The van der Waals surface area contributed by atoms with Crippen molar-refractivity contribution in [2.24, 2.45) is 10.4 Å². The van der Waals surface area contributed by atoms with Crippen LogP contribution in [0.5, 0.6) is 5.75 Å². The number of benzene rings is 1. The van der Waals surface area contributed by atoms with Crippen molar-refractivity contribution >= 4 is 44.0 Å². The van der Waals surface area contributed by atoms with E-state index < -0.39 is 17.4 Å². The van der Waals surface area contributed by atoms with E-state index in [2.05, 4.69) is 36.9 Å². The number of aliphatic hydroxyl groups is 1. The number of phenols is 1. The summed E-state index contributed by atoms with van der Waals surface area (Å²) >= 11 is 7.58. The molecular weight excluding hydrogens is 473 g/mol. The molecule has 1 atom stereocenters. The van der Waals surface area contributed by atoms with Gasteiger partial charge in [0.05, 0.1) is 4.47 Å². The molecule has 9 heteroatoms. The Labute approximate surface area is 161 Å². The molecule has 1 rings (SSSR count). The standard InChI is InChI=1S/C13H15Br2NO3.CH4O.O.V/c1-13(2,3)11(12(18)19)16-6-7-4-8(14)5-9(15)10(7)17;1-2;;/h4-6,11,17H,1-3H3,(H,18,19);2H,1H3;;/t11-;;;/m1.../s1. The molecular formula is C14H19Br2NO5V. The first kappa shape index (κ1) is 24.7. The number of hydrogen-bond donors (Lipinski definition) is 3. The Morgan fingerprint density at radius 3 is 2.13 bits per heavy atom. The Hall–Kier alpha value is -0.536. The van der Waals surface area contributed by atoms with Gasteiger partial charge < -0.3 is 15.3 Å². The third-order valence-electron chi connectivity index (χ3n) is 2.47. The average Bonchev–Trinajstić information content (AvgIpc) is 2.46. The zero-order valence-electron chi connectivity index (χ0n) is 13.1. The molecule has 3 N–H and O–H groups in total. The fraction of sp³-hybridized carbons (Fsp3) is 0.429. The number of aliphatic imine (C=N–C) groups is 1. The summed E-state index contributed by atoms with van der Waals surface area (Å²) in [5.74, 6) is -0.956. The molecule has 0 amide bonds. The molecule has 6 nitrogen and oxygen atoms in total. The predicted molar refractivity (Wildman–Crippen MR) is 90.8 cm³/mol. The van der Waals surface area contributed by atoms with Crippen LogP contribution in [-0.4, -0.2) is 40.7 Å². The van der Waals surface area contributed by atoms with Gasteiger partial charge in [-0.3, -0.25) is 4.99 Å². The van der Waals surface area contributed by atoms with Crippen LogP contribution >= 0.6 is 31.9 Å². The maximum atomic E-state index is 11.2. The van der Waals surface area contributed by atoms with E-state index in [1.165, 1.54) is 6.21 Å². The number of hydrogen-bond acceptors (Lipinski definition) is 5. The van der Waals surface area contributed by atoms with Crippen LogP contribution in [0, 0.1) is 5.41 Å². The number of nitrogens with zero attached hydrogens (tertiary/aromatic N) is 1. The van der Waals surface area contributed by atoms with E-state index in [1.54, 1.807) is 32.9 Å². The van der Waals surface area contributed by atoms with E-state index in [0.717, 1.165) is 29.0 Å². The molecule has 0 aliphatic rings. The number of carboxylic acid groups (broad SMARTS) is 1. The third kappa shape index (κ3) is 8.76. The van der Waals surface area contributed by atoms with Crippen LogP contribution in [0.25, 0.3) is 0 Å². The van der Waals surface area contributed by atoms with Gasteiger partial charge in [0, 0.05) is 23.4 Å². The van der Waals surface area contributed by atoms with Crippen molar-refractivity contribution in [1.82, 2.24) is 0 Å². The topological polar surface area (TPSA) is 107 Å². The van der Waals surface area contributed by atoms with Gasteiger partial charge in [-0.15, -0.1) is 0 Å². The van der Waals surface area contributed by atoms with Crippen LogP contribution in [0.4, 0.5) is 0 Å². The second-order valence-electron chi connectivity index (χ2n) is 5.21. The van der Waals surface area contributed by atoms with E-state index in [0.29, 0.717) is 10.0 Å². The molecule has 0 radical (unpaired) electrons. The van der Waals surface area contributed by atoms with Gasteiger partial charge in [-0.1, -0.05) is 36.7 Å². The van der Waals surface area contributed by atoms with Crippen LogP contribution in [-0.2, 0) is 25.8 Å². The molecule has 0 saturated carbocycles. The molecule has 0 spiro atoms. The molecule has 0 aliphatic carbocycles. The number of aliphatic carboxylic acids is 1. The summed E-state index contributed by atoms with van der Waals surface area (Å²) in [6.07, 6.45) is 1.38. The van der Waals surface area contributed by atoms with Gasteiger partial charge in [0.1, 0.15) is 5.75 Å². The molecule has 1 aromatic rings. The minimum atomic E-state index is -0.989. The zero-order chi connectivity index (χ0) is 18.8. The van der Waals surface area contributed by atoms with E-state index in [1.807, 2.05) is 0 Å². The normalized spacial score (nSPS) is 11.7. The summed E-state index contributed by atoms with van der Waals surface area (Å²) in [4.78, 5) is 15.3. The molecule has 0 bridgehead atoms. The van der Waals surface area contributed by atoms with Gasteiger partial charge in [0.15, 0.2) is 6.04 Å². The molecule has 1 aromatic carbocycles. The second-order valence-corrected chi connectivity index (χ2v) is 6.98. The van der Waals surface area contributed by atoms with Gasteiger partial charge in [0.2, 0.25) is 0 Å². The summed E-state index contributed by atoms with van der Waals surface area (Å²) in [5, 5.41) is 26.0. The number of rotatable bonds is 3. The fourth-order valence-electron chi connectivity index (χ4n) is 1.50. The molecule has 0 unspecified atom stereocenters. The van der Waals surface area contributed by atoms with Crippen LogP contribution in [0.3, 0.4) is 0 Å². The summed E-state index contributed by atoms with van der Waals surface area (Å²) in [5.41, 5.74) is -0.0435. The van der Waals surface area contributed by atoms with E-state index >= 15 is 0 Å². The van der Waals surface area contributed by atoms with Crippen molar-refractivity contribution < 1.29 is 41.2 Å². The van der Waals surface area contributed by atoms with E-state index in [4.69, 9.17) is 8.78 Å². The summed E-state index contributed by atoms with van der Waals surface area (Å²) in [6.45, 7) is 5.42. The number of carboxylic acids is 1. The van der Waals surface area contributed by atoms with Gasteiger partial charge in [-0.05, 0) is 33.5 Å². The maximum absolute atomic E-state index is 11.2. The summed E-state index contributed by atoms with van der Waals surface area (Å²) < 4.78 is 9.47. The quantitative estimate of drug-likeness (QED) is 0.562. The van der Waals surface area contributed by atoms with Crippen molar-refractivity contribution in [3.05, 3.63) is 26.6 Å². The van der Waals surface area contributed by atoms with Gasteiger partial charge >= 0.3 is 27.0 Å². The Kier molecular flexibility index (Phi) is 12.8. The van der Waals surface area contributed by atoms with Crippen LogP contribution in [0.2, 0.25) is 0 Å². The number of aromatic hydroxyl groups is 1. The van der Waals surface area contributed by atoms with Crippen LogP contribution in [0.15, 0.2) is 26.1 Å². The van der Waals surface area contributed by atoms with E-state index in [-0.39, 0.29) is 5.75 Å². The SMILES string of the molecule is CC(C)(C)[C@H](N=Cc1cc(Br)cc(Br)c1O)C(=O)O.CO.[O]=[V]. The molecule has 23 heavy (non-hydrogen) atoms. The number of aliphatic hydroxyl groups excluding tert-OH is 1. The summed E-state index contributed by atoms with van der Waals surface area (Å²) in [7, 11) is 1.00. The Morgan fingerprint density at radius 2 is 1.74 bits per heavy atom. The Morgan fingerprint density at radius 1 is 1.26 bits per heavy atom. The summed E-state index contributed by atoms with van der Waals surface area (Å²) in [6, 6.07) is 2.50. The predicted octanol–water partition coefficient (Wildman–Crippen LogP) is 3.32. The number of carbonyl (C=O) groups is 1. The van der Waals surface area contributed by atoms with E-state index in [9.17, 15) is 15.0 Å². The third-order valence-corrected chi connectivity index (χ3v) is 3.54. The molecule has 0 aliphatic heterocycles.